The number of amides is 1. The van der Waals surface area contributed by atoms with E-state index in [9.17, 15) is 9.59 Å². The van der Waals surface area contributed by atoms with Crippen LogP contribution in [0.2, 0.25) is 5.02 Å². The van der Waals surface area contributed by atoms with Crippen molar-refractivity contribution in [2.75, 3.05) is 20.2 Å². The van der Waals surface area contributed by atoms with Crippen LogP contribution in [-0.4, -0.2) is 42.1 Å². The number of carboxylic acid groups (broad SMARTS) is 1. The molecular weight excluding hydrogens is 282 g/mol. The maximum atomic E-state index is 12.2. The molecule has 1 atom stereocenters. The minimum Gasteiger partial charge on any atom is -0.496 e. The molecule has 1 aromatic carbocycles. The molecule has 1 amide bonds. The van der Waals surface area contributed by atoms with Crippen LogP contribution in [0.25, 0.3) is 0 Å². The molecule has 1 fully saturated rings. The molecule has 108 valence electrons. The number of likely N-dealkylation sites (tertiary alicyclic amines) is 1. The van der Waals surface area contributed by atoms with Gasteiger partial charge in [0.2, 0.25) is 5.91 Å². The number of carbonyl (C=O) groups is 2. The van der Waals surface area contributed by atoms with Crippen LogP contribution in [0.15, 0.2) is 18.2 Å². The van der Waals surface area contributed by atoms with E-state index in [0.29, 0.717) is 29.3 Å². The van der Waals surface area contributed by atoms with Gasteiger partial charge in [-0.15, -0.1) is 0 Å². The lowest BCUT2D eigenvalue weighted by molar-refractivity contribution is -0.141. The molecular formula is C14H16ClNO4. The maximum absolute atomic E-state index is 12.2. The van der Waals surface area contributed by atoms with Crippen molar-refractivity contribution in [3.05, 3.63) is 28.8 Å². The quantitative estimate of drug-likeness (QED) is 0.920. The van der Waals surface area contributed by atoms with Crippen LogP contribution in [-0.2, 0) is 16.0 Å². The van der Waals surface area contributed by atoms with Gasteiger partial charge in [0.25, 0.3) is 0 Å². The average Bonchev–Trinajstić information content (AvgIpc) is 2.91. The van der Waals surface area contributed by atoms with E-state index >= 15 is 0 Å². The Hall–Kier alpha value is -1.75. The lowest BCUT2D eigenvalue weighted by Crippen LogP contribution is -2.31. The number of aliphatic carboxylic acids is 1. The molecule has 0 aliphatic carbocycles. The van der Waals surface area contributed by atoms with Gasteiger partial charge in [0.15, 0.2) is 0 Å². The zero-order valence-electron chi connectivity index (χ0n) is 11.1. The number of nitrogens with zero attached hydrogens (tertiary/aromatic N) is 1. The van der Waals surface area contributed by atoms with Crippen LogP contribution in [0.5, 0.6) is 5.75 Å². The Labute approximate surface area is 122 Å². The summed E-state index contributed by atoms with van der Waals surface area (Å²) in [5.41, 5.74) is 0.639. The predicted molar refractivity (Wildman–Crippen MR) is 74.0 cm³/mol. The molecule has 0 radical (unpaired) electrons. The van der Waals surface area contributed by atoms with E-state index in [1.165, 1.54) is 7.11 Å². The van der Waals surface area contributed by atoms with Gasteiger partial charge in [0.05, 0.1) is 19.4 Å². The number of halogens is 1. The maximum Gasteiger partial charge on any atom is 0.308 e. The van der Waals surface area contributed by atoms with E-state index in [1.54, 1.807) is 23.1 Å². The van der Waals surface area contributed by atoms with Crippen molar-refractivity contribution in [3.8, 4) is 5.75 Å². The average molecular weight is 298 g/mol. The number of methoxy groups -OCH3 is 1. The Bertz CT molecular complexity index is 532. The molecule has 1 aliphatic rings. The standard InChI is InChI=1S/C14H16ClNO4/c1-20-12-4-2-3-11(15)10(12)7-13(17)16-6-5-9(8-16)14(18)19/h2-4,9H,5-8H2,1H3,(H,18,19). The first kappa shape index (κ1) is 14.7. The zero-order valence-corrected chi connectivity index (χ0v) is 11.9. The molecule has 1 saturated heterocycles. The summed E-state index contributed by atoms with van der Waals surface area (Å²) in [6.45, 7) is 0.740. The van der Waals surface area contributed by atoms with Crippen molar-refractivity contribution in [1.29, 1.82) is 0 Å². The SMILES string of the molecule is COc1cccc(Cl)c1CC(=O)N1CCC(C(=O)O)C1. The molecule has 1 aromatic rings. The van der Waals surface area contributed by atoms with Gasteiger partial charge in [0, 0.05) is 23.7 Å². The van der Waals surface area contributed by atoms with Crippen LogP contribution in [0.3, 0.4) is 0 Å². The van der Waals surface area contributed by atoms with Crippen molar-refractivity contribution in [2.45, 2.75) is 12.8 Å². The summed E-state index contributed by atoms with van der Waals surface area (Å²) in [5, 5.41) is 9.43. The topological polar surface area (TPSA) is 66.8 Å². The Morgan fingerprint density at radius 2 is 2.25 bits per heavy atom. The Morgan fingerprint density at radius 1 is 1.50 bits per heavy atom. The molecule has 6 heteroatoms. The van der Waals surface area contributed by atoms with Crippen molar-refractivity contribution >= 4 is 23.5 Å². The second-order valence-corrected chi connectivity index (χ2v) is 5.17. The van der Waals surface area contributed by atoms with E-state index in [2.05, 4.69) is 0 Å². The normalized spacial score (nSPS) is 18.1. The largest absolute Gasteiger partial charge is 0.496 e. The third-order valence-electron chi connectivity index (χ3n) is 3.51. The first-order valence-corrected chi connectivity index (χ1v) is 6.72. The van der Waals surface area contributed by atoms with Gasteiger partial charge >= 0.3 is 5.97 Å². The Kier molecular flexibility index (Phi) is 4.49. The van der Waals surface area contributed by atoms with Gasteiger partial charge in [-0.2, -0.15) is 0 Å². The minimum absolute atomic E-state index is 0.120. The Morgan fingerprint density at radius 3 is 2.85 bits per heavy atom. The summed E-state index contributed by atoms with van der Waals surface area (Å²) in [4.78, 5) is 24.7. The van der Waals surface area contributed by atoms with Crippen molar-refractivity contribution in [2.24, 2.45) is 5.92 Å². The van der Waals surface area contributed by atoms with Gasteiger partial charge in [-0.05, 0) is 18.6 Å². The van der Waals surface area contributed by atoms with Gasteiger partial charge in [-0.1, -0.05) is 17.7 Å². The lowest BCUT2D eigenvalue weighted by atomic mass is 10.1. The van der Waals surface area contributed by atoms with E-state index in [-0.39, 0.29) is 18.9 Å². The van der Waals surface area contributed by atoms with E-state index < -0.39 is 11.9 Å². The van der Waals surface area contributed by atoms with Crippen LogP contribution in [0, 0.1) is 5.92 Å². The minimum atomic E-state index is -0.851. The van der Waals surface area contributed by atoms with Crippen LogP contribution < -0.4 is 4.74 Å². The fourth-order valence-electron chi connectivity index (χ4n) is 2.35. The monoisotopic (exact) mass is 297 g/mol. The lowest BCUT2D eigenvalue weighted by Gasteiger charge is -2.17. The molecule has 0 aromatic heterocycles. The van der Waals surface area contributed by atoms with E-state index in [4.69, 9.17) is 21.4 Å². The summed E-state index contributed by atoms with van der Waals surface area (Å²) >= 11 is 6.09. The number of hydrogen-bond donors (Lipinski definition) is 1. The second kappa shape index (κ2) is 6.13. The molecule has 2 rings (SSSR count). The van der Waals surface area contributed by atoms with Gasteiger partial charge < -0.3 is 14.7 Å². The highest BCUT2D eigenvalue weighted by Crippen LogP contribution is 2.28. The number of benzene rings is 1. The third kappa shape index (κ3) is 3.04. The summed E-state index contributed by atoms with van der Waals surface area (Å²) in [7, 11) is 1.52. The van der Waals surface area contributed by atoms with E-state index in [0.717, 1.165) is 0 Å². The fourth-order valence-corrected chi connectivity index (χ4v) is 2.59. The molecule has 5 nitrogen and oxygen atoms in total. The number of carboxylic acids is 1. The highest BCUT2D eigenvalue weighted by molar-refractivity contribution is 6.31. The summed E-state index contributed by atoms with van der Waals surface area (Å²) < 4.78 is 5.20. The molecule has 1 aliphatic heterocycles. The zero-order chi connectivity index (χ0) is 14.7. The number of ether oxygens (including phenoxy) is 1. The first-order valence-electron chi connectivity index (χ1n) is 6.35. The first-order chi connectivity index (χ1) is 9.52. The van der Waals surface area contributed by atoms with Gasteiger partial charge in [-0.25, -0.2) is 0 Å². The summed E-state index contributed by atoms with van der Waals surface area (Å²) in [5.74, 6) is -0.873. The van der Waals surface area contributed by atoms with Crippen molar-refractivity contribution in [3.63, 3.8) is 0 Å². The summed E-state index contributed by atoms with van der Waals surface area (Å²) in [6.07, 6.45) is 0.621. The molecule has 0 bridgehead atoms. The third-order valence-corrected chi connectivity index (χ3v) is 3.87. The highest BCUT2D eigenvalue weighted by Gasteiger charge is 2.31. The van der Waals surface area contributed by atoms with Crippen LogP contribution >= 0.6 is 11.6 Å². The fraction of sp³-hybridized carbons (Fsp3) is 0.429. The molecule has 0 spiro atoms. The molecule has 1 N–H and O–H groups in total. The molecule has 1 heterocycles. The second-order valence-electron chi connectivity index (χ2n) is 4.76. The van der Waals surface area contributed by atoms with Crippen LogP contribution in [0.1, 0.15) is 12.0 Å². The number of rotatable bonds is 4. The van der Waals surface area contributed by atoms with Crippen molar-refractivity contribution < 1.29 is 19.4 Å². The highest BCUT2D eigenvalue weighted by atomic mass is 35.5. The van der Waals surface area contributed by atoms with Crippen molar-refractivity contribution in [1.82, 2.24) is 4.90 Å². The summed E-state index contributed by atoms with van der Waals surface area (Å²) in [6, 6.07) is 5.21. The van der Waals surface area contributed by atoms with Gasteiger partial charge in [0.1, 0.15) is 5.75 Å². The van der Waals surface area contributed by atoms with Crippen LogP contribution in [0.4, 0.5) is 0 Å². The number of hydrogen-bond acceptors (Lipinski definition) is 3. The predicted octanol–water partition coefficient (Wildman–Crippen LogP) is 1.82. The number of carbonyl (C=O) groups excluding carboxylic acids is 1. The smallest absolute Gasteiger partial charge is 0.308 e. The Balaban J connectivity index is 2.08. The molecule has 0 saturated carbocycles. The van der Waals surface area contributed by atoms with E-state index in [1.807, 2.05) is 0 Å². The molecule has 20 heavy (non-hydrogen) atoms. The molecule has 1 unspecified atom stereocenters. The van der Waals surface area contributed by atoms with Gasteiger partial charge in [-0.3, -0.25) is 9.59 Å².